The number of unbranched alkanes of at least 4 members (excludes halogenated alkanes) is 1. The molecule has 0 bridgehead atoms. The monoisotopic (exact) mass is 648 g/mol. The van der Waals surface area contributed by atoms with Crippen LogP contribution < -0.4 is 4.74 Å². The van der Waals surface area contributed by atoms with Gasteiger partial charge in [-0.15, -0.1) is 20.5 Å². The summed E-state index contributed by atoms with van der Waals surface area (Å²) in [5.74, 6) is 1.72. The number of aryl methyl sites for hydroxylation is 1. The first-order chi connectivity index (χ1) is 21.5. The molecule has 9 nitrogen and oxygen atoms in total. The maximum absolute atomic E-state index is 10.1. The van der Waals surface area contributed by atoms with Crippen LogP contribution >= 0.6 is 0 Å². The summed E-state index contributed by atoms with van der Waals surface area (Å²) in [7, 11) is 0. The topological polar surface area (TPSA) is 125 Å². The first-order valence-corrected chi connectivity index (χ1v) is 14.3. The average Bonchev–Trinajstić information content (AvgIpc) is 3.05. The molecule has 0 aliphatic rings. The second-order valence-corrected chi connectivity index (χ2v) is 9.87. The maximum Gasteiger partial charge on any atom is 0.216 e. The fourth-order valence-corrected chi connectivity index (χ4v) is 4.38. The number of phenols is 2. The van der Waals surface area contributed by atoms with Gasteiger partial charge in [0.25, 0.3) is 0 Å². The van der Waals surface area contributed by atoms with Crippen LogP contribution in [0.4, 0.5) is 23.0 Å². The molecule has 0 radical (unpaired) electrons. The zero-order valence-corrected chi connectivity index (χ0v) is 28.2. The molecule has 2 N–H and O–H groups in total. The molecule has 0 aliphatic carbocycles. The van der Waals surface area contributed by atoms with E-state index < -0.39 is 0 Å². The van der Waals surface area contributed by atoms with E-state index in [-0.39, 0.29) is 31.0 Å². The molecule has 2 heterocycles. The smallest absolute Gasteiger partial charge is 0.216 e. The van der Waals surface area contributed by atoms with E-state index in [2.05, 4.69) is 37.3 Å². The molecule has 0 atom stereocenters. The molecule has 0 spiro atoms. The Labute approximate surface area is 274 Å². The van der Waals surface area contributed by atoms with Crippen molar-refractivity contribution in [3.05, 3.63) is 115 Å². The van der Waals surface area contributed by atoms with Gasteiger partial charge in [-0.05, 0) is 60.5 Å². The molecule has 0 saturated heterocycles. The van der Waals surface area contributed by atoms with Crippen molar-refractivity contribution in [2.75, 3.05) is 6.61 Å². The number of pyridine rings is 2. The molecular formula is C35H32N6O3Zn. The van der Waals surface area contributed by atoms with Gasteiger partial charge in [0.2, 0.25) is 5.82 Å². The number of ether oxygens (including phenoxy) is 1. The van der Waals surface area contributed by atoms with Gasteiger partial charge in [0, 0.05) is 42.1 Å². The fraction of sp³-hybridized carbons (Fsp3) is 0.143. The second-order valence-electron chi connectivity index (χ2n) is 9.87. The van der Waals surface area contributed by atoms with Crippen LogP contribution in [0.1, 0.15) is 25.5 Å². The Morgan fingerprint density at radius 1 is 0.667 bits per heavy atom. The minimum absolute atomic E-state index is 0. The van der Waals surface area contributed by atoms with Crippen LogP contribution in [0.2, 0.25) is 0 Å². The molecule has 222 valence electrons. The molecule has 4 aromatic carbocycles. The Morgan fingerprint density at radius 2 is 1.29 bits per heavy atom. The number of nitrogens with zero attached hydrogens (tertiary/aromatic N) is 6. The summed E-state index contributed by atoms with van der Waals surface area (Å²) in [4.78, 5) is 8.47. The third-order valence-electron chi connectivity index (χ3n) is 6.64. The second kappa shape index (κ2) is 16.1. The third-order valence-corrected chi connectivity index (χ3v) is 6.64. The van der Waals surface area contributed by atoms with Crippen LogP contribution in [0, 0.1) is 6.92 Å². The van der Waals surface area contributed by atoms with Crippen molar-refractivity contribution in [2.45, 2.75) is 26.7 Å². The Hall–Kier alpha value is -5.08. The van der Waals surface area contributed by atoms with Crippen molar-refractivity contribution < 1.29 is 34.4 Å². The van der Waals surface area contributed by atoms with E-state index in [1.807, 2.05) is 85.8 Å². The molecule has 10 heteroatoms. The van der Waals surface area contributed by atoms with Crippen molar-refractivity contribution in [1.82, 2.24) is 9.97 Å². The zero-order valence-electron chi connectivity index (χ0n) is 25.2. The van der Waals surface area contributed by atoms with Gasteiger partial charge in [0.15, 0.2) is 11.6 Å². The van der Waals surface area contributed by atoms with E-state index in [0.29, 0.717) is 35.4 Å². The zero-order chi connectivity index (χ0) is 30.7. The molecule has 0 saturated carbocycles. The van der Waals surface area contributed by atoms with Gasteiger partial charge in [0.1, 0.15) is 22.9 Å². The number of fused-ring (bicyclic) bond motifs is 2. The van der Waals surface area contributed by atoms with Gasteiger partial charge in [-0.25, -0.2) is 9.97 Å². The summed E-state index contributed by atoms with van der Waals surface area (Å²) in [5.41, 5.74) is 1.77. The van der Waals surface area contributed by atoms with Crippen molar-refractivity contribution >= 4 is 44.6 Å². The Morgan fingerprint density at radius 3 is 1.91 bits per heavy atom. The van der Waals surface area contributed by atoms with Gasteiger partial charge in [-0.2, -0.15) is 0 Å². The van der Waals surface area contributed by atoms with Crippen LogP contribution in [-0.2, 0) is 19.5 Å². The fourth-order valence-electron chi connectivity index (χ4n) is 4.38. The predicted molar refractivity (Wildman–Crippen MR) is 173 cm³/mol. The van der Waals surface area contributed by atoms with Gasteiger partial charge in [-0.3, -0.25) is 0 Å². The summed E-state index contributed by atoms with van der Waals surface area (Å²) in [5, 5.41) is 40.5. The first kappa shape index (κ1) is 32.8. The van der Waals surface area contributed by atoms with Gasteiger partial charge >= 0.3 is 0 Å². The van der Waals surface area contributed by atoms with Crippen molar-refractivity contribution in [3.63, 3.8) is 0 Å². The van der Waals surface area contributed by atoms with Gasteiger partial charge in [-0.1, -0.05) is 80.1 Å². The normalized spacial score (nSPS) is 11.0. The Bertz CT molecular complexity index is 1950. The predicted octanol–water partition coefficient (Wildman–Crippen LogP) is 10.2. The SMILES string of the molecule is CCCCOc1cccnc1N=Nc1c(O)ccc2ccccc12.Cc1cccc(N=Nc2c(O)ccc3ccccc23)n1.[Zn]. The summed E-state index contributed by atoms with van der Waals surface area (Å²) in [6, 6.07) is 31.6. The van der Waals surface area contributed by atoms with Crippen molar-refractivity contribution in [1.29, 1.82) is 0 Å². The number of benzene rings is 4. The van der Waals surface area contributed by atoms with Crippen molar-refractivity contribution in [2.24, 2.45) is 20.5 Å². The molecule has 6 aromatic rings. The van der Waals surface area contributed by atoms with E-state index >= 15 is 0 Å². The van der Waals surface area contributed by atoms with E-state index in [1.165, 1.54) is 0 Å². The summed E-state index contributed by atoms with van der Waals surface area (Å²) < 4.78 is 5.70. The molecule has 6 rings (SSSR count). The van der Waals surface area contributed by atoms with E-state index in [0.717, 1.165) is 40.1 Å². The number of aromatic hydroxyl groups is 2. The summed E-state index contributed by atoms with van der Waals surface area (Å²) >= 11 is 0. The summed E-state index contributed by atoms with van der Waals surface area (Å²) in [6.45, 7) is 4.62. The molecular weight excluding hydrogens is 618 g/mol. The number of phenolic OH excluding ortho intramolecular Hbond substituents is 2. The number of aromatic nitrogens is 2. The largest absolute Gasteiger partial charge is 0.506 e. The first-order valence-electron chi connectivity index (χ1n) is 14.3. The van der Waals surface area contributed by atoms with Crippen LogP contribution in [0.3, 0.4) is 0 Å². The standard InChI is InChI=1S/C19H19N3O2.C16H13N3O.Zn/c1-2-3-13-24-17-9-6-12-20-19(17)22-21-18-15-8-5-4-7-14(15)10-11-16(18)23;1-11-5-4-8-15(17-11)18-19-16-13-7-3-2-6-12(13)9-10-14(16)20;/h4-12,23H,2-3,13H2,1H3;2-10,20H,1H3;. The number of hydrogen-bond acceptors (Lipinski definition) is 9. The van der Waals surface area contributed by atoms with Crippen LogP contribution in [0.5, 0.6) is 17.2 Å². The quantitative estimate of drug-likeness (QED) is 0.0964. The van der Waals surface area contributed by atoms with Gasteiger partial charge in [0.05, 0.1) is 6.61 Å². The Kier molecular flexibility index (Phi) is 11.8. The number of azo groups is 2. The maximum atomic E-state index is 10.1. The van der Waals surface area contributed by atoms with Crippen LogP contribution in [0.25, 0.3) is 21.5 Å². The summed E-state index contributed by atoms with van der Waals surface area (Å²) in [6.07, 6.45) is 3.67. The van der Waals surface area contributed by atoms with Gasteiger partial charge < -0.3 is 14.9 Å². The molecule has 0 aliphatic heterocycles. The molecule has 0 amide bonds. The molecule has 45 heavy (non-hydrogen) atoms. The van der Waals surface area contributed by atoms with Crippen LogP contribution in [0.15, 0.2) is 130 Å². The van der Waals surface area contributed by atoms with Crippen LogP contribution in [-0.4, -0.2) is 26.8 Å². The van der Waals surface area contributed by atoms with E-state index in [1.54, 1.807) is 30.5 Å². The average molecular weight is 650 g/mol. The third kappa shape index (κ3) is 8.52. The molecule has 0 fully saturated rings. The molecule has 0 unspecified atom stereocenters. The van der Waals surface area contributed by atoms with E-state index in [9.17, 15) is 10.2 Å². The Balaban J connectivity index is 0.000000203. The number of rotatable bonds is 8. The minimum atomic E-state index is 0. The number of hydrogen-bond donors (Lipinski definition) is 2. The van der Waals surface area contributed by atoms with Crippen molar-refractivity contribution in [3.8, 4) is 17.2 Å². The van der Waals surface area contributed by atoms with E-state index in [4.69, 9.17) is 4.74 Å². The minimum Gasteiger partial charge on any atom is -0.506 e. The molecule has 2 aromatic heterocycles.